The van der Waals surface area contributed by atoms with Gasteiger partial charge in [-0.05, 0) is 165 Å². The summed E-state index contributed by atoms with van der Waals surface area (Å²) in [5.74, 6) is 2.24. The van der Waals surface area contributed by atoms with Crippen LogP contribution in [0.3, 0.4) is 0 Å². The first-order valence-corrected chi connectivity index (χ1v) is 25.6. The van der Waals surface area contributed by atoms with Gasteiger partial charge in [0.2, 0.25) is 0 Å². The van der Waals surface area contributed by atoms with Crippen molar-refractivity contribution >= 4 is 49.9 Å². The van der Waals surface area contributed by atoms with Gasteiger partial charge in [0.1, 0.15) is 11.4 Å². The Bertz CT molecular complexity index is 4030. The largest absolute Gasteiger partial charge is 0.310 e. The maximum atomic E-state index is 2.54. The van der Waals surface area contributed by atoms with E-state index in [0.717, 1.165) is 51.2 Å². The van der Waals surface area contributed by atoms with Crippen molar-refractivity contribution in [1.82, 2.24) is 9.13 Å². The van der Waals surface area contributed by atoms with Gasteiger partial charge in [0, 0.05) is 27.6 Å². The Hall–Kier alpha value is -8.80. The van der Waals surface area contributed by atoms with E-state index in [1.807, 2.05) is 0 Å². The molecule has 0 atom stereocenters. The van der Waals surface area contributed by atoms with Crippen LogP contribution in [0.25, 0.3) is 89.2 Å². The molecule has 0 radical (unpaired) electrons. The maximum Gasteiger partial charge on any atom is 0.294 e. The normalized spacial score (nSPS) is 13.8. The Labute approximate surface area is 426 Å². The van der Waals surface area contributed by atoms with Gasteiger partial charge >= 0.3 is 0 Å². The third-order valence-electron chi connectivity index (χ3n) is 16.4. The van der Waals surface area contributed by atoms with Gasteiger partial charge in [-0.15, -0.1) is 0 Å². The molecule has 0 fully saturated rings. The lowest BCUT2D eigenvalue weighted by Crippen LogP contribution is -2.30. The second-order valence-corrected chi connectivity index (χ2v) is 21.1. The number of fused-ring (bicyclic) bond motifs is 10. The fraction of sp³-hybridized carbons (Fsp3) is 0.118. The van der Waals surface area contributed by atoms with Crippen molar-refractivity contribution in [2.75, 3.05) is 4.90 Å². The Balaban J connectivity index is 0.974. The van der Waals surface area contributed by atoms with Crippen LogP contribution >= 0.6 is 0 Å². The van der Waals surface area contributed by atoms with Gasteiger partial charge in [-0.1, -0.05) is 137 Å². The molecule has 2 heterocycles. The molecule has 0 N–H and O–H groups in total. The van der Waals surface area contributed by atoms with Crippen molar-refractivity contribution in [3.63, 3.8) is 0 Å². The van der Waals surface area contributed by atoms with Crippen molar-refractivity contribution in [3.8, 4) is 56.4 Å². The number of rotatable bonds is 7. The predicted molar refractivity (Wildman–Crippen MR) is 301 cm³/mol. The SMILES string of the molecule is C[n+]1c(-c2ccc(N(c3ccc(-c4n(-c5ccccc5)c5ccccc5[n+]4C)cc3)c3cc4c(c5ccccc35)-c3cc5c(cc3C4(C)C)-c3ccccc3C5(C)C)cc2)n(-c2ccccc2)c2ccccc21. The quantitative estimate of drug-likeness (QED) is 0.146. The molecule has 2 aliphatic carbocycles. The van der Waals surface area contributed by atoms with Gasteiger partial charge < -0.3 is 4.90 Å². The number of benzene rings is 10. The van der Waals surface area contributed by atoms with Crippen molar-refractivity contribution in [1.29, 1.82) is 0 Å². The fourth-order valence-corrected chi connectivity index (χ4v) is 12.8. The molecule has 0 bridgehead atoms. The van der Waals surface area contributed by atoms with Crippen LogP contribution in [-0.2, 0) is 24.9 Å². The third-order valence-corrected chi connectivity index (χ3v) is 16.4. The minimum absolute atomic E-state index is 0.0995. The van der Waals surface area contributed by atoms with E-state index in [4.69, 9.17) is 0 Å². The number of imidazole rings is 2. The number of nitrogens with zero attached hydrogens (tertiary/aromatic N) is 5. The van der Waals surface area contributed by atoms with Gasteiger partial charge in [-0.3, -0.25) is 0 Å². The summed E-state index contributed by atoms with van der Waals surface area (Å²) < 4.78 is 9.43. The number of aromatic nitrogens is 4. The Morgan fingerprint density at radius 2 is 0.808 bits per heavy atom. The molecule has 0 spiro atoms. The molecule has 10 aromatic carbocycles. The van der Waals surface area contributed by atoms with Crippen LogP contribution in [0.1, 0.15) is 49.9 Å². The van der Waals surface area contributed by atoms with E-state index in [1.165, 1.54) is 77.3 Å². The monoisotopic (exact) mass is 941 g/mol. The number of para-hydroxylation sites is 6. The highest BCUT2D eigenvalue weighted by atomic mass is 15.2. The first kappa shape index (κ1) is 43.0. The topological polar surface area (TPSA) is 20.9 Å². The molecule has 0 saturated carbocycles. The van der Waals surface area contributed by atoms with E-state index >= 15 is 0 Å². The first-order chi connectivity index (χ1) is 35.6. The molecule has 0 saturated heterocycles. The number of anilines is 3. The minimum Gasteiger partial charge on any atom is -0.310 e. The maximum absolute atomic E-state index is 2.54. The molecule has 0 amide bonds. The molecule has 5 heteroatoms. The van der Waals surface area contributed by atoms with Gasteiger partial charge in [0.15, 0.2) is 22.1 Å². The van der Waals surface area contributed by atoms with E-state index in [-0.39, 0.29) is 10.8 Å². The van der Waals surface area contributed by atoms with Crippen LogP contribution in [0.5, 0.6) is 0 Å². The molecule has 2 aliphatic rings. The molecule has 350 valence electrons. The highest BCUT2D eigenvalue weighted by Crippen LogP contribution is 2.59. The molecule has 5 nitrogen and oxygen atoms in total. The molecule has 14 rings (SSSR count). The Kier molecular flexibility index (Phi) is 9.34. The van der Waals surface area contributed by atoms with Gasteiger partial charge in [-0.2, -0.15) is 9.13 Å². The third kappa shape index (κ3) is 6.21. The Morgan fingerprint density at radius 1 is 0.370 bits per heavy atom. The lowest BCUT2D eigenvalue weighted by Gasteiger charge is -2.30. The summed E-state index contributed by atoms with van der Waals surface area (Å²) in [5.41, 5.74) is 23.2. The zero-order valence-electron chi connectivity index (χ0n) is 42.1. The lowest BCUT2D eigenvalue weighted by atomic mass is 9.79. The molecular weight excluding hydrogens is 887 g/mol. The van der Waals surface area contributed by atoms with Gasteiger partial charge in [0.25, 0.3) is 11.6 Å². The van der Waals surface area contributed by atoms with E-state index in [2.05, 4.69) is 289 Å². The summed E-state index contributed by atoms with van der Waals surface area (Å²) >= 11 is 0. The van der Waals surface area contributed by atoms with Crippen molar-refractivity contribution in [2.24, 2.45) is 14.1 Å². The molecule has 73 heavy (non-hydrogen) atoms. The molecular formula is C68H55N5+2. The Morgan fingerprint density at radius 3 is 1.37 bits per heavy atom. The second kappa shape index (κ2) is 15.9. The van der Waals surface area contributed by atoms with E-state index < -0.39 is 0 Å². The summed E-state index contributed by atoms with van der Waals surface area (Å²) in [6, 6.07) is 83.0. The molecule has 2 aromatic heterocycles. The standard InChI is InChI=1S/C68H55N5/c1-67(2)55-28-16-15-25-50(55)53-41-57-54(42-56(53)67)64-52-27-14-13-26-51(52)63(43-58(64)68(57,3)4)71(48-37-33-44(34-38-48)65-69(5)59-29-17-19-31-61(59)72(65)46-21-9-7-10-22-46)49-39-35-45(36-40-49)66-70(6)60-30-18-20-32-62(60)73(66)47-23-11-8-12-24-47/h7-43H,1-6H3/q+2. The average Bonchev–Trinajstić information content (AvgIpc) is 4.06. The van der Waals surface area contributed by atoms with Crippen LogP contribution in [0, 0.1) is 0 Å². The second-order valence-electron chi connectivity index (χ2n) is 21.1. The summed E-state index contributed by atoms with van der Waals surface area (Å²) in [5, 5.41) is 2.49. The smallest absolute Gasteiger partial charge is 0.294 e. The number of hydrogen-bond acceptors (Lipinski definition) is 1. The summed E-state index contributed by atoms with van der Waals surface area (Å²) in [6.45, 7) is 9.65. The van der Waals surface area contributed by atoms with E-state index in [9.17, 15) is 0 Å². The van der Waals surface area contributed by atoms with Crippen molar-refractivity contribution in [3.05, 3.63) is 247 Å². The number of hydrogen-bond donors (Lipinski definition) is 0. The van der Waals surface area contributed by atoms with Crippen LogP contribution in [0.4, 0.5) is 17.1 Å². The summed E-state index contributed by atoms with van der Waals surface area (Å²) in [4.78, 5) is 2.49. The summed E-state index contributed by atoms with van der Waals surface area (Å²) in [6.07, 6.45) is 0. The molecule has 0 unspecified atom stereocenters. The van der Waals surface area contributed by atoms with E-state index in [0.29, 0.717) is 0 Å². The van der Waals surface area contributed by atoms with Crippen LogP contribution < -0.4 is 14.0 Å². The van der Waals surface area contributed by atoms with E-state index in [1.54, 1.807) is 0 Å². The van der Waals surface area contributed by atoms with Gasteiger partial charge in [-0.25, -0.2) is 9.13 Å². The van der Waals surface area contributed by atoms with Crippen LogP contribution in [0.15, 0.2) is 224 Å². The van der Waals surface area contributed by atoms with Crippen LogP contribution in [-0.4, -0.2) is 9.13 Å². The fourth-order valence-electron chi connectivity index (χ4n) is 12.8. The van der Waals surface area contributed by atoms with Crippen molar-refractivity contribution < 1.29 is 9.13 Å². The minimum atomic E-state index is -0.265. The average molecular weight is 942 g/mol. The highest BCUT2D eigenvalue weighted by Gasteiger charge is 2.43. The number of aryl methyl sites for hydroxylation is 2. The van der Waals surface area contributed by atoms with Gasteiger partial charge in [0.05, 0.1) is 30.9 Å². The highest BCUT2D eigenvalue weighted by molar-refractivity contribution is 6.10. The zero-order valence-corrected chi connectivity index (χ0v) is 42.1. The lowest BCUT2D eigenvalue weighted by molar-refractivity contribution is -0.633. The molecule has 0 aliphatic heterocycles. The predicted octanol–water partition coefficient (Wildman–Crippen LogP) is 15.8. The van der Waals surface area contributed by atoms with Crippen LogP contribution in [0.2, 0.25) is 0 Å². The first-order valence-electron chi connectivity index (χ1n) is 25.6. The summed E-state index contributed by atoms with van der Waals surface area (Å²) in [7, 11) is 4.36. The van der Waals surface area contributed by atoms with Crippen molar-refractivity contribution in [2.45, 2.75) is 38.5 Å². The molecule has 12 aromatic rings. The zero-order chi connectivity index (χ0) is 49.3.